The van der Waals surface area contributed by atoms with E-state index in [0.29, 0.717) is 33.6 Å². The lowest BCUT2D eigenvalue weighted by Crippen LogP contribution is -2.05. The summed E-state index contributed by atoms with van der Waals surface area (Å²) in [5.74, 6) is -0.0543. The Labute approximate surface area is 161 Å². The molecule has 0 aliphatic rings. The van der Waals surface area contributed by atoms with Gasteiger partial charge in [0.15, 0.2) is 17.5 Å². The number of aromatic amines is 1. The lowest BCUT2D eigenvalue weighted by Gasteiger charge is -2.08. The predicted octanol–water partition coefficient (Wildman–Crippen LogP) is 5.57. The van der Waals surface area contributed by atoms with E-state index in [2.05, 4.69) is 25.3 Å². The highest BCUT2D eigenvalue weighted by Crippen LogP contribution is 2.28. The molecule has 0 aliphatic heterocycles. The minimum absolute atomic E-state index is 0. The maximum absolute atomic E-state index is 14.1. The first kappa shape index (κ1) is 16.8. The summed E-state index contributed by atoms with van der Waals surface area (Å²) in [5.41, 5.74) is 2.27. The number of nitrogens with one attached hydrogen (secondary N) is 2. The summed E-state index contributed by atoms with van der Waals surface area (Å²) < 4.78 is 14.1. The van der Waals surface area contributed by atoms with E-state index < -0.39 is 5.82 Å². The summed E-state index contributed by atoms with van der Waals surface area (Å²) in [5, 5.41) is 4.87. The third-order valence-electron chi connectivity index (χ3n) is 3.83. The van der Waals surface area contributed by atoms with Crippen molar-refractivity contribution >= 4 is 40.1 Å². The van der Waals surface area contributed by atoms with E-state index in [9.17, 15) is 4.39 Å². The smallest absolute Gasteiger partial charge is 0.183 e. The first-order valence-electron chi connectivity index (χ1n) is 7.74. The predicted molar refractivity (Wildman–Crippen MR) is 105 cm³/mol. The molecule has 0 fully saturated rings. The van der Waals surface area contributed by atoms with Gasteiger partial charge in [-0.2, -0.15) is 0 Å². The fourth-order valence-corrected chi connectivity index (χ4v) is 2.99. The zero-order valence-corrected chi connectivity index (χ0v) is 14.8. The number of benzene rings is 1. The van der Waals surface area contributed by atoms with E-state index in [1.807, 2.05) is 18.2 Å². The van der Waals surface area contributed by atoms with Crippen molar-refractivity contribution in [1.29, 1.82) is 0 Å². The molecule has 5 nitrogen and oxygen atoms in total. The second-order valence-electron chi connectivity index (χ2n) is 5.63. The van der Waals surface area contributed by atoms with E-state index in [-0.39, 0.29) is 8.67 Å². The lowest BCUT2D eigenvalue weighted by atomic mass is 10.2. The van der Waals surface area contributed by atoms with Crippen molar-refractivity contribution in [3.05, 3.63) is 70.3 Å². The van der Waals surface area contributed by atoms with Crippen LogP contribution in [0.4, 0.5) is 10.2 Å². The zero-order valence-electron chi connectivity index (χ0n) is 13.3. The topological polar surface area (TPSA) is 66.5 Å². The Morgan fingerprint density at radius 3 is 2.85 bits per heavy atom. The molecule has 26 heavy (non-hydrogen) atoms. The molecule has 0 bridgehead atoms. The Morgan fingerprint density at radius 2 is 2.00 bits per heavy atom. The van der Waals surface area contributed by atoms with Gasteiger partial charge in [-0.05, 0) is 23.8 Å². The van der Waals surface area contributed by atoms with Gasteiger partial charge in [-0.1, -0.05) is 35.3 Å². The van der Waals surface area contributed by atoms with E-state index in [0.717, 1.165) is 17.1 Å². The van der Waals surface area contributed by atoms with Gasteiger partial charge in [-0.15, -0.1) is 0 Å². The van der Waals surface area contributed by atoms with E-state index in [4.69, 9.17) is 23.2 Å². The molecule has 0 atom stereocenters. The van der Waals surface area contributed by atoms with Gasteiger partial charge in [-0.25, -0.2) is 19.3 Å². The minimum Gasteiger partial charge on any atom is -0.363 e. The van der Waals surface area contributed by atoms with Crippen molar-refractivity contribution in [3.63, 3.8) is 0 Å². The number of fused-ring (bicyclic) bond motifs is 1. The highest BCUT2D eigenvalue weighted by Gasteiger charge is 2.13. The zero-order chi connectivity index (χ0) is 18.1. The van der Waals surface area contributed by atoms with Gasteiger partial charge in [0, 0.05) is 37.8 Å². The van der Waals surface area contributed by atoms with Crippen molar-refractivity contribution in [2.24, 2.45) is 0 Å². The average Bonchev–Trinajstić information content (AvgIpc) is 3.04. The molecule has 3 heterocycles. The normalized spacial score (nSPS) is 11.0. The largest absolute Gasteiger partial charge is 0.363 e. The Kier molecular flexibility index (Phi) is 4.44. The number of aromatic nitrogens is 4. The summed E-state index contributed by atoms with van der Waals surface area (Å²) in [6, 6.07) is 9.09. The number of hydrogen-bond donors (Lipinski definition) is 2. The summed E-state index contributed by atoms with van der Waals surface area (Å²) in [6.07, 6.45) is 4.41. The number of pyridine rings is 1. The molecule has 0 unspecified atom stereocenters. The molecule has 0 spiro atoms. The third kappa shape index (κ3) is 3.34. The van der Waals surface area contributed by atoms with Crippen LogP contribution in [0.5, 0.6) is 0 Å². The SMILES string of the molecule is Fc1cnc(-c2c[nH]c3ncc(Cl)cc23)nc1NCc1cccc(Cl)c1.[HH].[HH]. The fourth-order valence-electron chi connectivity index (χ4n) is 2.62. The molecular weight excluding hydrogens is 376 g/mol. The summed E-state index contributed by atoms with van der Waals surface area (Å²) in [7, 11) is 0. The molecule has 2 N–H and O–H groups in total. The van der Waals surface area contributed by atoms with E-state index in [1.165, 1.54) is 0 Å². The first-order chi connectivity index (χ1) is 12.6. The highest BCUT2D eigenvalue weighted by molar-refractivity contribution is 6.31. The van der Waals surface area contributed by atoms with Gasteiger partial charge < -0.3 is 10.3 Å². The van der Waals surface area contributed by atoms with Crippen LogP contribution < -0.4 is 5.32 Å². The number of nitrogens with zero attached hydrogens (tertiary/aromatic N) is 3. The standard InChI is InChI=1S/C18H12Cl2FN5.2H2/c19-11-3-1-2-10(4-11)6-22-18-15(21)9-25-17(26-18)14-8-24-16-13(14)5-12(20)7-23-16;;/h1-5,7-9H,6H2,(H,23,24)(H,22,25,26);2*1H. The van der Waals surface area contributed by atoms with Crippen LogP contribution >= 0.6 is 23.2 Å². The van der Waals surface area contributed by atoms with Crippen molar-refractivity contribution in [1.82, 2.24) is 19.9 Å². The number of anilines is 1. The Bertz CT molecular complexity index is 1110. The Morgan fingerprint density at radius 1 is 1.12 bits per heavy atom. The number of hydrogen-bond acceptors (Lipinski definition) is 4. The molecule has 0 aliphatic carbocycles. The Hall–Kier alpha value is -2.70. The quantitative estimate of drug-likeness (QED) is 0.477. The van der Waals surface area contributed by atoms with Crippen LogP contribution in [0.1, 0.15) is 8.42 Å². The van der Waals surface area contributed by atoms with Crippen LogP contribution in [0.15, 0.2) is 48.9 Å². The monoisotopic (exact) mass is 391 g/mol. The van der Waals surface area contributed by atoms with Crippen LogP contribution in [-0.4, -0.2) is 19.9 Å². The van der Waals surface area contributed by atoms with E-state index >= 15 is 0 Å². The molecule has 8 heteroatoms. The van der Waals surface area contributed by atoms with Crippen molar-refractivity contribution in [2.75, 3.05) is 5.32 Å². The number of H-pyrrole nitrogens is 1. The second kappa shape index (κ2) is 6.90. The molecular formula is C18H16Cl2FN5. The van der Waals surface area contributed by atoms with Crippen LogP contribution in [0.3, 0.4) is 0 Å². The molecule has 4 aromatic rings. The van der Waals surface area contributed by atoms with E-state index in [1.54, 1.807) is 24.5 Å². The van der Waals surface area contributed by atoms with Crippen LogP contribution in [-0.2, 0) is 6.54 Å². The van der Waals surface area contributed by atoms with Crippen molar-refractivity contribution in [2.45, 2.75) is 6.54 Å². The van der Waals surface area contributed by atoms with Gasteiger partial charge in [0.25, 0.3) is 0 Å². The Balaban J connectivity index is 0.00000140. The second-order valence-corrected chi connectivity index (χ2v) is 6.50. The van der Waals surface area contributed by atoms with Gasteiger partial charge >= 0.3 is 0 Å². The fraction of sp³-hybridized carbons (Fsp3) is 0.0556. The molecule has 0 saturated carbocycles. The maximum Gasteiger partial charge on any atom is 0.183 e. The van der Waals surface area contributed by atoms with Crippen molar-refractivity contribution in [3.8, 4) is 11.4 Å². The molecule has 0 radical (unpaired) electrons. The molecule has 0 saturated heterocycles. The van der Waals surface area contributed by atoms with Crippen LogP contribution in [0.2, 0.25) is 10.0 Å². The highest BCUT2D eigenvalue weighted by atomic mass is 35.5. The van der Waals surface area contributed by atoms with Crippen LogP contribution in [0.25, 0.3) is 22.4 Å². The first-order valence-corrected chi connectivity index (χ1v) is 8.49. The maximum atomic E-state index is 14.1. The number of rotatable bonds is 4. The van der Waals surface area contributed by atoms with Gasteiger partial charge in [-0.3, -0.25) is 0 Å². The average molecular weight is 392 g/mol. The minimum atomic E-state index is -0.535. The molecule has 134 valence electrons. The lowest BCUT2D eigenvalue weighted by molar-refractivity contribution is 0.617. The summed E-state index contributed by atoms with van der Waals surface area (Å²) >= 11 is 12.0. The molecule has 4 rings (SSSR count). The molecule has 0 amide bonds. The summed E-state index contributed by atoms with van der Waals surface area (Å²) in [4.78, 5) is 15.6. The molecule has 3 aromatic heterocycles. The molecule has 1 aromatic carbocycles. The van der Waals surface area contributed by atoms with Crippen molar-refractivity contribution < 1.29 is 7.24 Å². The van der Waals surface area contributed by atoms with Crippen LogP contribution in [0, 0.1) is 5.82 Å². The van der Waals surface area contributed by atoms with Gasteiger partial charge in [0.05, 0.1) is 11.2 Å². The van der Waals surface area contributed by atoms with Gasteiger partial charge in [0.1, 0.15) is 5.65 Å². The summed E-state index contributed by atoms with van der Waals surface area (Å²) in [6.45, 7) is 0.384. The number of halogens is 3. The third-order valence-corrected chi connectivity index (χ3v) is 4.27. The van der Waals surface area contributed by atoms with Gasteiger partial charge in [0.2, 0.25) is 0 Å².